The van der Waals surface area contributed by atoms with E-state index in [1.54, 1.807) is 5.57 Å². The molecule has 0 aromatic rings. The van der Waals surface area contributed by atoms with E-state index in [0.29, 0.717) is 5.41 Å². The Morgan fingerprint density at radius 1 is 0.800 bits per heavy atom. The number of hydrogen-bond acceptors (Lipinski definition) is 2. The topological polar surface area (TPSA) is 6.48 Å². The van der Waals surface area contributed by atoms with Crippen LogP contribution in [0.4, 0.5) is 0 Å². The highest BCUT2D eigenvalue weighted by Gasteiger charge is 2.55. The second-order valence-corrected chi connectivity index (χ2v) is 11.1. The summed E-state index contributed by atoms with van der Waals surface area (Å²) in [6, 6.07) is 0.759. The first-order valence-electron chi connectivity index (χ1n) is 13.3. The third-order valence-corrected chi connectivity index (χ3v) is 9.07. The van der Waals surface area contributed by atoms with E-state index in [2.05, 4.69) is 40.2 Å². The second-order valence-electron chi connectivity index (χ2n) is 11.1. The third kappa shape index (κ3) is 4.51. The first kappa shape index (κ1) is 21.0. The van der Waals surface area contributed by atoms with E-state index in [0.717, 1.165) is 24.3 Å². The van der Waals surface area contributed by atoms with Crippen LogP contribution in [-0.2, 0) is 0 Å². The zero-order valence-corrected chi connectivity index (χ0v) is 19.2. The maximum absolute atomic E-state index is 2.97. The molecule has 2 nitrogen and oxygen atoms in total. The molecule has 4 aliphatic heterocycles. The van der Waals surface area contributed by atoms with Crippen LogP contribution in [0.3, 0.4) is 0 Å². The van der Waals surface area contributed by atoms with Crippen LogP contribution >= 0.6 is 0 Å². The fraction of sp³-hybridized carbons (Fsp3) is 0.786. The quantitative estimate of drug-likeness (QED) is 0.431. The predicted octanol–water partition coefficient (Wildman–Crippen LogP) is 6.36. The molecule has 5 rings (SSSR count). The van der Waals surface area contributed by atoms with Crippen LogP contribution in [0.25, 0.3) is 0 Å². The molecule has 1 saturated carbocycles. The van der Waals surface area contributed by atoms with Crippen LogP contribution in [0, 0.1) is 17.3 Å². The van der Waals surface area contributed by atoms with Gasteiger partial charge in [0.05, 0.1) is 0 Å². The highest BCUT2D eigenvalue weighted by Crippen LogP contribution is 2.55. The Hall–Kier alpha value is -0.860. The minimum absolute atomic E-state index is 0.543. The number of hydrogen-bond donors (Lipinski definition) is 0. The molecule has 2 saturated heterocycles. The molecule has 166 valence electrons. The average Bonchev–Trinajstić information content (AvgIpc) is 2.78. The van der Waals surface area contributed by atoms with E-state index in [1.165, 1.54) is 110 Å². The van der Waals surface area contributed by atoms with Gasteiger partial charge < -0.3 is 4.90 Å². The Balaban J connectivity index is 1.44. The van der Waals surface area contributed by atoms with Gasteiger partial charge in [0, 0.05) is 25.7 Å². The van der Waals surface area contributed by atoms with Crippen LogP contribution in [0.2, 0.25) is 0 Å². The summed E-state index contributed by atoms with van der Waals surface area (Å²) >= 11 is 0. The Bertz CT molecular complexity index is 662. The molecule has 5 atom stereocenters. The first-order chi connectivity index (χ1) is 14.8. The van der Waals surface area contributed by atoms with E-state index in [1.807, 2.05) is 0 Å². The predicted molar refractivity (Wildman–Crippen MR) is 128 cm³/mol. The van der Waals surface area contributed by atoms with Crippen molar-refractivity contribution in [2.24, 2.45) is 17.3 Å². The van der Waals surface area contributed by atoms with Gasteiger partial charge in [0.1, 0.15) is 0 Å². The van der Waals surface area contributed by atoms with Crippen molar-refractivity contribution in [1.82, 2.24) is 9.80 Å². The van der Waals surface area contributed by atoms with Gasteiger partial charge in [0.25, 0.3) is 0 Å². The normalized spacial score (nSPS) is 44.7. The summed E-state index contributed by atoms with van der Waals surface area (Å²) in [4.78, 5) is 5.89. The van der Waals surface area contributed by atoms with Gasteiger partial charge in [-0.2, -0.15) is 0 Å². The molecule has 3 fully saturated rings. The molecule has 0 N–H and O–H groups in total. The maximum atomic E-state index is 2.97. The molecule has 30 heavy (non-hydrogen) atoms. The molecule has 2 heteroatoms. The zero-order valence-electron chi connectivity index (χ0n) is 19.2. The molecule has 0 amide bonds. The lowest BCUT2D eigenvalue weighted by Crippen LogP contribution is -2.66. The molecule has 4 heterocycles. The first-order valence-corrected chi connectivity index (χ1v) is 13.3. The van der Waals surface area contributed by atoms with Crippen LogP contribution in [0.1, 0.15) is 83.5 Å². The molecule has 0 aromatic heterocycles. The third-order valence-electron chi connectivity index (χ3n) is 9.07. The van der Waals surface area contributed by atoms with Crippen molar-refractivity contribution in [2.45, 2.75) is 89.5 Å². The highest BCUT2D eigenvalue weighted by atomic mass is 15.2. The zero-order chi connectivity index (χ0) is 20.2. The van der Waals surface area contributed by atoms with Crippen molar-refractivity contribution in [3.63, 3.8) is 0 Å². The van der Waals surface area contributed by atoms with Gasteiger partial charge in [0.2, 0.25) is 0 Å². The minimum Gasteiger partial charge on any atom is -0.302 e. The van der Waals surface area contributed by atoms with Gasteiger partial charge in [-0.3, -0.25) is 4.90 Å². The molecule has 1 spiro atoms. The lowest BCUT2D eigenvalue weighted by atomic mass is 9.54. The van der Waals surface area contributed by atoms with Gasteiger partial charge in [-0.25, -0.2) is 0 Å². The molecule has 1 aliphatic carbocycles. The van der Waals surface area contributed by atoms with E-state index in [9.17, 15) is 0 Å². The smallest absolute Gasteiger partial charge is 0.0310 e. The van der Waals surface area contributed by atoms with Crippen molar-refractivity contribution in [3.8, 4) is 0 Å². The summed E-state index contributed by atoms with van der Waals surface area (Å²) in [5.74, 6) is 1.87. The van der Waals surface area contributed by atoms with Crippen molar-refractivity contribution in [3.05, 3.63) is 36.0 Å². The molecule has 0 radical (unpaired) electrons. The molecular weight excluding hydrogens is 364 g/mol. The van der Waals surface area contributed by atoms with E-state index >= 15 is 0 Å². The number of allylic oxidation sites excluding steroid dienone is 5. The Morgan fingerprint density at radius 3 is 2.57 bits per heavy atom. The van der Waals surface area contributed by atoms with E-state index in [4.69, 9.17) is 0 Å². The largest absolute Gasteiger partial charge is 0.302 e. The van der Waals surface area contributed by atoms with Crippen LogP contribution in [0.5, 0.6) is 0 Å². The van der Waals surface area contributed by atoms with Crippen molar-refractivity contribution in [1.29, 1.82) is 0 Å². The number of rotatable bonds is 0. The molecule has 0 aromatic carbocycles. The molecule has 5 aliphatic rings. The monoisotopic (exact) mass is 408 g/mol. The average molecular weight is 409 g/mol. The summed E-state index contributed by atoms with van der Waals surface area (Å²) in [7, 11) is 0. The van der Waals surface area contributed by atoms with Crippen molar-refractivity contribution in [2.75, 3.05) is 32.7 Å². The fourth-order valence-electron chi connectivity index (χ4n) is 7.67. The van der Waals surface area contributed by atoms with E-state index < -0.39 is 0 Å². The van der Waals surface area contributed by atoms with Crippen LogP contribution in [-0.4, -0.2) is 48.6 Å². The Morgan fingerprint density at radius 2 is 1.60 bits per heavy atom. The summed E-state index contributed by atoms with van der Waals surface area (Å²) in [5, 5.41) is 0. The van der Waals surface area contributed by atoms with Gasteiger partial charge >= 0.3 is 0 Å². The number of nitrogens with zero attached hydrogens (tertiary/aromatic N) is 2. The van der Waals surface area contributed by atoms with Crippen LogP contribution < -0.4 is 0 Å². The van der Waals surface area contributed by atoms with Gasteiger partial charge in [-0.15, -0.1) is 0 Å². The van der Waals surface area contributed by atoms with Crippen molar-refractivity contribution >= 4 is 0 Å². The van der Waals surface area contributed by atoms with Crippen molar-refractivity contribution < 1.29 is 0 Å². The van der Waals surface area contributed by atoms with Gasteiger partial charge in [-0.05, 0) is 101 Å². The maximum Gasteiger partial charge on any atom is 0.0310 e. The lowest BCUT2D eigenvalue weighted by Gasteiger charge is -2.62. The Labute approximate surface area is 185 Å². The fourth-order valence-corrected chi connectivity index (χ4v) is 7.67. The molecular formula is C28H44N2. The summed E-state index contributed by atoms with van der Waals surface area (Å²) in [6.07, 6.45) is 30.3. The lowest BCUT2D eigenvalue weighted by molar-refractivity contribution is -0.108. The summed E-state index contributed by atoms with van der Waals surface area (Å²) in [6.45, 7) is 6.80. The van der Waals surface area contributed by atoms with Crippen LogP contribution in [0.15, 0.2) is 36.0 Å². The summed E-state index contributed by atoms with van der Waals surface area (Å²) < 4.78 is 0. The second kappa shape index (κ2) is 9.74. The SMILES string of the molecule is C1=C\CCCCN2CC34CC/C=C\CCCCCCN(C[C@H]5C/C(=C/C/1)[C@H]2C[C@H]53)C4. The summed E-state index contributed by atoms with van der Waals surface area (Å²) in [5.41, 5.74) is 2.35. The van der Waals surface area contributed by atoms with Gasteiger partial charge in [-0.1, -0.05) is 48.8 Å². The number of fused-ring (bicyclic) bond motifs is 1. The van der Waals surface area contributed by atoms with Gasteiger partial charge in [0.15, 0.2) is 0 Å². The molecule has 2 unspecified atom stereocenters. The highest BCUT2D eigenvalue weighted by molar-refractivity contribution is 5.23. The minimum atomic E-state index is 0.543. The standard InChI is InChI=1S/C28H44N2/c1-2-5-9-13-17-29-21-25-19-24-15-11-7-3-6-10-14-18-30-23-28(22-29,16-12-8-4-1)26(25)20-27(24)30/h3-4,7-8,15,25-27H,1-2,5-6,9-14,16-23H2/b7-3-,8-4-,24-15-/t25-,26-,27-,28?/m1/s1. The Kier molecular flexibility index (Phi) is 6.82. The molecule has 4 bridgehead atoms. The number of piperidine rings is 2. The van der Waals surface area contributed by atoms with E-state index in [-0.39, 0.29) is 0 Å².